The lowest BCUT2D eigenvalue weighted by Crippen LogP contribution is -2.35. The summed E-state index contributed by atoms with van der Waals surface area (Å²) >= 11 is 0. The van der Waals surface area contributed by atoms with E-state index in [1.54, 1.807) is 0 Å². The molecule has 0 bridgehead atoms. The fraction of sp³-hybridized carbons (Fsp3) is 0.909. The first-order valence-electron chi connectivity index (χ1n) is 5.94. The molecule has 0 saturated heterocycles. The predicted molar refractivity (Wildman–Crippen MR) is 58.2 cm³/mol. The van der Waals surface area contributed by atoms with Gasteiger partial charge in [-0.3, -0.25) is 4.79 Å². The van der Waals surface area contributed by atoms with Gasteiger partial charge in [0.25, 0.3) is 0 Å². The molecule has 1 aliphatic carbocycles. The van der Waals surface area contributed by atoms with Crippen molar-refractivity contribution in [1.82, 2.24) is 5.32 Å². The van der Waals surface area contributed by atoms with Gasteiger partial charge in [0.15, 0.2) is 0 Å². The van der Waals surface area contributed by atoms with Gasteiger partial charge in [0.1, 0.15) is 6.54 Å². The van der Waals surface area contributed by atoms with Crippen molar-refractivity contribution in [2.24, 2.45) is 17.6 Å². The summed E-state index contributed by atoms with van der Waals surface area (Å²) in [5.74, 6) is 0.231. The molecular formula is C11H19F3N2O. The third kappa shape index (κ3) is 5.91. The maximum atomic E-state index is 11.9. The standard InChI is InChI=1S/C11H19F3N2O/c12-11(13,14)7-16-10(17)5-8-1-3-9(6-15)4-2-8/h8-9H,1-7,15H2,(H,16,17). The van der Waals surface area contributed by atoms with Crippen LogP contribution in [0.3, 0.4) is 0 Å². The summed E-state index contributed by atoms with van der Waals surface area (Å²) in [6.45, 7) is -0.572. The van der Waals surface area contributed by atoms with Crippen LogP contribution in [0, 0.1) is 11.8 Å². The summed E-state index contributed by atoms with van der Waals surface area (Å²) < 4.78 is 35.6. The Morgan fingerprint density at radius 2 is 1.71 bits per heavy atom. The zero-order valence-corrected chi connectivity index (χ0v) is 9.72. The maximum Gasteiger partial charge on any atom is 0.405 e. The molecule has 100 valence electrons. The van der Waals surface area contributed by atoms with E-state index in [1.165, 1.54) is 0 Å². The first-order chi connectivity index (χ1) is 7.90. The van der Waals surface area contributed by atoms with Crippen LogP contribution in [0.25, 0.3) is 0 Å². The minimum atomic E-state index is -4.33. The quantitative estimate of drug-likeness (QED) is 0.802. The average Bonchev–Trinajstić information content (AvgIpc) is 2.27. The van der Waals surface area contributed by atoms with Crippen molar-refractivity contribution < 1.29 is 18.0 Å². The molecule has 0 aromatic rings. The number of hydrogen-bond acceptors (Lipinski definition) is 2. The highest BCUT2D eigenvalue weighted by molar-refractivity contribution is 5.76. The maximum absolute atomic E-state index is 11.9. The Labute approximate surface area is 98.9 Å². The number of nitrogens with one attached hydrogen (secondary N) is 1. The van der Waals surface area contributed by atoms with E-state index in [4.69, 9.17) is 5.73 Å². The Bertz CT molecular complexity index is 248. The monoisotopic (exact) mass is 252 g/mol. The number of amides is 1. The molecule has 0 aliphatic heterocycles. The van der Waals surface area contributed by atoms with Crippen LogP contribution in [-0.4, -0.2) is 25.2 Å². The van der Waals surface area contributed by atoms with Crippen LogP contribution >= 0.6 is 0 Å². The highest BCUT2D eigenvalue weighted by atomic mass is 19.4. The summed E-state index contributed by atoms with van der Waals surface area (Å²) in [5.41, 5.74) is 5.54. The van der Waals surface area contributed by atoms with Gasteiger partial charge in [0.05, 0.1) is 0 Å². The Kier molecular flexibility index (Phi) is 5.24. The Hall–Kier alpha value is -0.780. The van der Waals surface area contributed by atoms with E-state index in [0.29, 0.717) is 12.5 Å². The smallest absolute Gasteiger partial charge is 0.347 e. The molecule has 1 fully saturated rings. The molecule has 0 heterocycles. The second kappa shape index (κ2) is 6.23. The second-order valence-electron chi connectivity index (χ2n) is 4.72. The molecule has 1 saturated carbocycles. The molecule has 1 amide bonds. The van der Waals surface area contributed by atoms with Crippen molar-refractivity contribution in [3.63, 3.8) is 0 Å². The van der Waals surface area contributed by atoms with Crippen LogP contribution in [0.4, 0.5) is 13.2 Å². The molecule has 1 rings (SSSR count). The Morgan fingerprint density at radius 1 is 1.18 bits per heavy atom. The molecular weight excluding hydrogens is 233 g/mol. The van der Waals surface area contributed by atoms with E-state index in [1.807, 2.05) is 5.32 Å². The summed E-state index contributed by atoms with van der Waals surface area (Å²) in [6.07, 6.45) is -0.385. The highest BCUT2D eigenvalue weighted by Gasteiger charge is 2.28. The molecule has 0 atom stereocenters. The topological polar surface area (TPSA) is 55.1 Å². The Balaban J connectivity index is 2.19. The van der Waals surface area contributed by atoms with Gasteiger partial charge in [-0.1, -0.05) is 0 Å². The molecule has 1 aliphatic rings. The van der Waals surface area contributed by atoms with E-state index in [0.717, 1.165) is 25.7 Å². The normalized spacial score (nSPS) is 25.6. The third-order valence-electron chi connectivity index (χ3n) is 3.26. The minimum absolute atomic E-state index is 0.202. The molecule has 6 heteroatoms. The highest BCUT2D eigenvalue weighted by Crippen LogP contribution is 2.30. The van der Waals surface area contributed by atoms with E-state index >= 15 is 0 Å². The van der Waals surface area contributed by atoms with Gasteiger partial charge >= 0.3 is 6.18 Å². The second-order valence-corrected chi connectivity index (χ2v) is 4.72. The van der Waals surface area contributed by atoms with Crippen molar-refractivity contribution in [3.8, 4) is 0 Å². The average molecular weight is 252 g/mol. The molecule has 0 spiro atoms. The first-order valence-corrected chi connectivity index (χ1v) is 5.94. The summed E-state index contributed by atoms with van der Waals surface area (Å²) in [7, 11) is 0. The third-order valence-corrected chi connectivity index (χ3v) is 3.26. The van der Waals surface area contributed by atoms with E-state index in [-0.39, 0.29) is 12.3 Å². The van der Waals surface area contributed by atoms with E-state index in [2.05, 4.69) is 0 Å². The first kappa shape index (κ1) is 14.3. The SMILES string of the molecule is NCC1CCC(CC(=O)NCC(F)(F)F)CC1. The van der Waals surface area contributed by atoms with Gasteiger partial charge in [0.2, 0.25) is 5.91 Å². The number of alkyl halides is 3. The van der Waals surface area contributed by atoms with Crippen molar-refractivity contribution >= 4 is 5.91 Å². The number of rotatable bonds is 4. The molecule has 17 heavy (non-hydrogen) atoms. The van der Waals surface area contributed by atoms with Crippen molar-refractivity contribution in [2.75, 3.05) is 13.1 Å². The zero-order valence-electron chi connectivity index (χ0n) is 9.72. The van der Waals surface area contributed by atoms with Crippen molar-refractivity contribution in [1.29, 1.82) is 0 Å². The van der Waals surface area contributed by atoms with Gasteiger partial charge < -0.3 is 11.1 Å². The fourth-order valence-electron chi connectivity index (χ4n) is 2.20. The number of nitrogens with two attached hydrogens (primary N) is 1. The summed E-state index contributed by atoms with van der Waals surface area (Å²) in [4.78, 5) is 11.3. The summed E-state index contributed by atoms with van der Waals surface area (Å²) in [5, 5.41) is 1.91. The van der Waals surface area contributed by atoms with Crippen molar-refractivity contribution in [2.45, 2.75) is 38.3 Å². The van der Waals surface area contributed by atoms with Gasteiger partial charge in [0, 0.05) is 6.42 Å². The van der Waals surface area contributed by atoms with Crippen LogP contribution < -0.4 is 11.1 Å². The summed E-state index contributed by atoms with van der Waals surface area (Å²) in [6, 6.07) is 0. The van der Waals surface area contributed by atoms with Crippen LogP contribution in [0.1, 0.15) is 32.1 Å². The van der Waals surface area contributed by atoms with Gasteiger partial charge in [-0.15, -0.1) is 0 Å². The van der Waals surface area contributed by atoms with Crippen LogP contribution in [0.2, 0.25) is 0 Å². The van der Waals surface area contributed by atoms with Gasteiger partial charge in [-0.2, -0.15) is 13.2 Å². The largest absolute Gasteiger partial charge is 0.405 e. The number of carbonyl (C=O) groups excluding carboxylic acids is 1. The molecule has 3 nitrogen and oxygen atoms in total. The van der Waals surface area contributed by atoms with E-state index < -0.39 is 18.6 Å². The number of hydrogen-bond donors (Lipinski definition) is 2. The van der Waals surface area contributed by atoms with Gasteiger partial charge in [-0.25, -0.2) is 0 Å². The molecule has 3 N–H and O–H groups in total. The molecule has 0 unspecified atom stereocenters. The molecule has 0 aromatic heterocycles. The molecule has 0 radical (unpaired) electrons. The Morgan fingerprint density at radius 3 is 2.18 bits per heavy atom. The van der Waals surface area contributed by atoms with Gasteiger partial charge in [-0.05, 0) is 44.1 Å². The number of carbonyl (C=O) groups is 1. The van der Waals surface area contributed by atoms with Crippen LogP contribution in [-0.2, 0) is 4.79 Å². The zero-order chi connectivity index (χ0) is 12.9. The lowest BCUT2D eigenvalue weighted by Gasteiger charge is -2.27. The van der Waals surface area contributed by atoms with E-state index in [9.17, 15) is 18.0 Å². The van der Waals surface area contributed by atoms with Crippen molar-refractivity contribution in [3.05, 3.63) is 0 Å². The minimum Gasteiger partial charge on any atom is -0.347 e. The number of halogens is 3. The fourth-order valence-corrected chi connectivity index (χ4v) is 2.20. The lowest BCUT2D eigenvalue weighted by atomic mass is 9.80. The molecule has 0 aromatic carbocycles. The predicted octanol–water partition coefficient (Wildman–Crippen LogP) is 1.82. The van der Waals surface area contributed by atoms with Crippen LogP contribution in [0.15, 0.2) is 0 Å². The lowest BCUT2D eigenvalue weighted by molar-refractivity contribution is -0.139. The van der Waals surface area contributed by atoms with Crippen LogP contribution in [0.5, 0.6) is 0 Å².